The third-order valence-corrected chi connectivity index (χ3v) is 4.71. The van der Waals surface area contributed by atoms with E-state index < -0.39 is 11.9 Å². The molecular weight excluding hydrogens is 338 g/mol. The summed E-state index contributed by atoms with van der Waals surface area (Å²) in [4.78, 5) is 37.8. The van der Waals surface area contributed by atoms with E-state index in [4.69, 9.17) is 5.11 Å². The molecule has 1 atom stereocenters. The number of aliphatic hydroxyl groups is 1. The number of hydrogen-bond donors (Lipinski definition) is 2. The lowest BCUT2D eigenvalue weighted by atomic mass is 10.0. The topological polar surface area (TPSA) is 117 Å². The highest BCUT2D eigenvalue weighted by molar-refractivity contribution is 6.05. The summed E-state index contributed by atoms with van der Waals surface area (Å²) in [5, 5.41) is 19.4. The second-order valence-electron chi connectivity index (χ2n) is 6.33. The molecule has 2 aliphatic rings. The van der Waals surface area contributed by atoms with Crippen molar-refractivity contribution in [2.45, 2.75) is 31.8 Å². The van der Waals surface area contributed by atoms with Gasteiger partial charge in [0.1, 0.15) is 6.04 Å². The van der Waals surface area contributed by atoms with Crippen LogP contribution in [0.3, 0.4) is 0 Å². The molecule has 0 spiro atoms. The molecule has 2 N–H and O–H groups in total. The largest absolute Gasteiger partial charge is 0.396 e. The first-order chi connectivity index (χ1) is 12.6. The molecule has 0 aliphatic carbocycles. The molecule has 4 rings (SSSR count). The van der Waals surface area contributed by atoms with Gasteiger partial charge in [-0.25, -0.2) is 4.68 Å². The van der Waals surface area contributed by atoms with Gasteiger partial charge < -0.3 is 10.0 Å². The lowest BCUT2D eigenvalue weighted by Crippen LogP contribution is -2.52. The van der Waals surface area contributed by atoms with Crippen LogP contribution in [0.4, 0.5) is 0 Å². The second kappa shape index (κ2) is 6.34. The van der Waals surface area contributed by atoms with Crippen LogP contribution in [0.25, 0.3) is 5.69 Å². The van der Waals surface area contributed by atoms with Crippen molar-refractivity contribution in [1.82, 2.24) is 25.2 Å². The van der Waals surface area contributed by atoms with Gasteiger partial charge in [-0.2, -0.15) is 0 Å². The predicted molar refractivity (Wildman–Crippen MR) is 88.2 cm³/mol. The quantitative estimate of drug-likeness (QED) is 0.718. The van der Waals surface area contributed by atoms with E-state index in [0.717, 1.165) is 5.56 Å². The van der Waals surface area contributed by atoms with Crippen molar-refractivity contribution >= 4 is 17.7 Å². The van der Waals surface area contributed by atoms with Gasteiger partial charge in [0.2, 0.25) is 11.8 Å². The maximum absolute atomic E-state index is 12.8. The third-order valence-electron chi connectivity index (χ3n) is 4.71. The van der Waals surface area contributed by atoms with Gasteiger partial charge >= 0.3 is 0 Å². The average Bonchev–Trinajstić information content (AvgIpc) is 3.21. The molecule has 1 aromatic carbocycles. The Morgan fingerprint density at radius 3 is 2.88 bits per heavy atom. The highest BCUT2D eigenvalue weighted by Crippen LogP contribution is 2.31. The van der Waals surface area contributed by atoms with E-state index in [1.165, 1.54) is 4.90 Å². The molecule has 134 valence electrons. The van der Waals surface area contributed by atoms with Crippen LogP contribution >= 0.6 is 0 Å². The van der Waals surface area contributed by atoms with E-state index in [1.54, 1.807) is 23.0 Å². The van der Waals surface area contributed by atoms with Crippen LogP contribution in [0.15, 0.2) is 24.4 Å². The summed E-state index contributed by atoms with van der Waals surface area (Å²) in [6, 6.07) is 4.66. The van der Waals surface area contributed by atoms with E-state index in [1.807, 2.05) is 6.07 Å². The van der Waals surface area contributed by atoms with Gasteiger partial charge in [-0.15, -0.1) is 5.10 Å². The van der Waals surface area contributed by atoms with Gasteiger partial charge in [0.05, 0.1) is 17.6 Å². The van der Waals surface area contributed by atoms with Crippen LogP contribution in [-0.4, -0.2) is 55.4 Å². The highest BCUT2D eigenvalue weighted by Gasteiger charge is 2.40. The SMILES string of the molecule is O=C1CCC(N2Cc3c(cccc3-n3cc(CCO)nn3)C2=O)C(=O)N1. The van der Waals surface area contributed by atoms with Crippen LogP contribution in [-0.2, 0) is 22.6 Å². The van der Waals surface area contributed by atoms with Gasteiger partial charge in [0.15, 0.2) is 0 Å². The summed E-state index contributed by atoms with van der Waals surface area (Å²) >= 11 is 0. The third kappa shape index (κ3) is 2.66. The number of benzene rings is 1. The maximum atomic E-state index is 12.8. The number of hydrogen-bond acceptors (Lipinski definition) is 6. The molecule has 0 saturated carbocycles. The Labute approximate surface area is 148 Å². The zero-order valence-electron chi connectivity index (χ0n) is 13.9. The van der Waals surface area contributed by atoms with E-state index >= 15 is 0 Å². The standard InChI is InChI=1S/C17H17N5O4/c23-7-6-10-8-22(20-19-10)13-3-1-2-11-12(13)9-21(17(11)26)14-4-5-15(24)18-16(14)25/h1-3,8,14,23H,4-7,9H2,(H,18,24,25). The van der Waals surface area contributed by atoms with Gasteiger partial charge in [0.25, 0.3) is 5.91 Å². The predicted octanol–water partition coefficient (Wildman–Crippen LogP) is -0.437. The van der Waals surface area contributed by atoms with Gasteiger partial charge in [-0.1, -0.05) is 11.3 Å². The number of nitrogens with zero attached hydrogens (tertiary/aromatic N) is 4. The molecule has 3 amide bonds. The number of rotatable bonds is 4. The van der Waals surface area contributed by atoms with Crippen molar-refractivity contribution in [1.29, 1.82) is 0 Å². The van der Waals surface area contributed by atoms with Crippen molar-refractivity contribution < 1.29 is 19.5 Å². The normalized spacial score (nSPS) is 19.7. The molecule has 1 aromatic heterocycles. The lowest BCUT2D eigenvalue weighted by Gasteiger charge is -2.29. The van der Waals surface area contributed by atoms with E-state index in [2.05, 4.69) is 15.6 Å². The minimum absolute atomic E-state index is 0.0205. The Morgan fingerprint density at radius 1 is 1.27 bits per heavy atom. The van der Waals surface area contributed by atoms with Crippen LogP contribution in [0, 0.1) is 0 Å². The van der Waals surface area contributed by atoms with Crippen LogP contribution in [0.2, 0.25) is 0 Å². The minimum Gasteiger partial charge on any atom is -0.396 e. The Balaban J connectivity index is 1.66. The summed E-state index contributed by atoms with van der Waals surface area (Å²) in [5.74, 6) is -0.975. The maximum Gasteiger partial charge on any atom is 0.255 e. The number of piperidine rings is 1. The first kappa shape index (κ1) is 16.4. The fraction of sp³-hybridized carbons (Fsp3) is 0.353. The van der Waals surface area contributed by atoms with Crippen LogP contribution in [0.1, 0.15) is 34.5 Å². The molecule has 9 nitrogen and oxygen atoms in total. The average molecular weight is 355 g/mol. The Hall–Kier alpha value is -3.07. The number of imide groups is 1. The minimum atomic E-state index is -0.652. The summed E-state index contributed by atoms with van der Waals surface area (Å²) in [5.41, 5.74) is 2.65. The van der Waals surface area contributed by atoms with Crippen molar-refractivity contribution in [2.24, 2.45) is 0 Å². The fourth-order valence-electron chi connectivity index (χ4n) is 3.43. The zero-order valence-corrected chi connectivity index (χ0v) is 13.9. The number of fused-ring (bicyclic) bond motifs is 1. The number of aromatic nitrogens is 3. The Bertz CT molecular complexity index is 906. The Morgan fingerprint density at radius 2 is 2.12 bits per heavy atom. The number of amides is 3. The molecule has 2 aromatic rings. The summed E-state index contributed by atoms with van der Waals surface area (Å²) < 4.78 is 1.57. The summed E-state index contributed by atoms with van der Waals surface area (Å²) in [6.45, 7) is 0.249. The molecule has 1 saturated heterocycles. The monoisotopic (exact) mass is 355 g/mol. The number of carbonyl (C=O) groups is 3. The second-order valence-corrected chi connectivity index (χ2v) is 6.33. The van der Waals surface area contributed by atoms with Crippen LogP contribution in [0.5, 0.6) is 0 Å². The molecule has 0 bridgehead atoms. The number of carbonyl (C=O) groups excluding carboxylic acids is 3. The van der Waals surface area contributed by atoms with Crippen LogP contribution < -0.4 is 5.32 Å². The molecule has 3 heterocycles. The summed E-state index contributed by atoms with van der Waals surface area (Å²) in [6.07, 6.45) is 2.65. The number of nitrogens with one attached hydrogen (secondary N) is 1. The molecule has 1 fully saturated rings. The molecule has 0 radical (unpaired) electrons. The van der Waals surface area contributed by atoms with E-state index in [-0.39, 0.29) is 31.4 Å². The number of aliphatic hydroxyl groups excluding tert-OH is 1. The lowest BCUT2D eigenvalue weighted by molar-refractivity contribution is -0.136. The Kier molecular flexibility index (Phi) is 4.00. The van der Waals surface area contributed by atoms with Gasteiger partial charge in [0, 0.05) is 37.1 Å². The van der Waals surface area contributed by atoms with Crippen molar-refractivity contribution in [3.8, 4) is 5.69 Å². The molecule has 1 unspecified atom stereocenters. The fourth-order valence-corrected chi connectivity index (χ4v) is 3.43. The van der Waals surface area contributed by atoms with Gasteiger partial charge in [-0.3, -0.25) is 19.7 Å². The molecular formula is C17H17N5O4. The summed E-state index contributed by atoms with van der Waals surface area (Å²) in [7, 11) is 0. The van der Waals surface area contributed by atoms with E-state index in [0.29, 0.717) is 29.8 Å². The first-order valence-corrected chi connectivity index (χ1v) is 8.37. The molecule has 9 heteroatoms. The van der Waals surface area contributed by atoms with Crippen molar-refractivity contribution in [2.75, 3.05) is 6.61 Å². The van der Waals surface area contributed by atoms with Gasteiger partial charge in [-0.05, 0) is 18.6 Å². The molecule has 26 heavy (non-hydrogen) atoms. The first-order valence-electron chi connectivity index (χ1n) is 8.37. The molecule has 2 aliphatic heterocycles. The highest BCUT2D eigenvalue weighted by atomic mass is 16.3. The van der Waals surface area contributed by atoms with Crippen molar-refractivity contribution in [3.63, 3.8) is 0 Å². The smallest absolute Gasteiger partial charge is 0.255 e. The van der Waals surface area contributed by atoms with Crippen molar-refractivity contribution in [3.05, 3.63) is 41.2 Å². The van der Waals surface area contributed by atoms with E-state index in [9.17, 15) is 14.4 Å². The zero-order chi connectivity index (χ0) is 18.3.